The topological polar surface area (TPSA) is 107 Å². The molecule has 0 bridgehead atoms. The van der Waals surface area contributed by atoms with Crippen LogP contribution < -0.4 is 10.6 Å². The second-order valence-corrected chi connectivity index (χ2v) is 5.36. The van der Waals surface area contributed by atoms with Crippen molar-refractivity contribution < 1.29 is 14.4 Å². The minimum Gasteiger partial charge on any atom is -0.347 e. The number of fused-ring (bicyclic) bond motifs is 1. The van der Waals surface area contributed by atoms with Gasteiger partial charge in [-0.25, -0.2) is 4.98 Å². The second-order valence-electron chi connectivity index (χ2n) is 5.36. The van der Waals surface area contributed by atoms with Crippen molar-refractivity contribution in [1.29, 1.82) is 0 Å². The Hall–Kier alpha value is -2.22. The van der Waals surface area contributed by atoms with E-state index >= 15 is 0 Å². The van der Waals surface area contributed by atoms with Crippen LogP contribution in [0, 0.1) is 0 Å². The number of piperidine rings is 1. The Kier molecular flexibility index (Phi) is 3.46. The van der Waals surface area contributed by atoms with E-state index in [9.17, 15) is 14.4 Å². The number of rotatable bonds is 2. The largest absolute Gasteiger partial charge is 0.347 e. The van der Waals surface area contributed by atoms with Gasteiger partial charge in [0.15, 0.2) is 0 Å². The average molecular weight is 291 g/mol. The van der Waals surface area contributed by atoms with E-state index in [2.05, 4.69) is 20.6 Å². The molecule has 2 unspecified atom stereocenters. The number of imide groups is 1. The molecule has 1 aromatic heterocycles. The Morgan fingerprint density at radius 3 is 3.10 bits per heavy atom. The maximum absolute atomic E-state index is 12.3. The highest BCUT2D eigenvalue weighted by molar-refractivity contribution is 6.01. The van der Waals surface area contributed by atoms with E-state index in [1.54, 1.807) is 6.33 Å². The molecule has 0 saturated carbocycles. The summed E-state index contributed by atoms with van der Waals surface area (Å²) < 4.78 is 0. The number of hydrogen-bond donors (Lipinski definition) is 3. The summed E-state index contributed by atoms with van der Waals surface area (Å²) in [6, 6.07) is -1.03. The van der Waals surface area contributed by atoms with Gasteiger partial charge >= 0.3 is 0 Å². The zero-order valence-corrected chi connectivity index (χ0v) is 11.7. The predicted octanol–water partition coefficient (Wildman–Crippen LogP) is -1.31. The van der Waals surface area contributed by atoms with Gasteiger partial charge in [-0.15, -0.1) is 0 Å². The Balaban J connectivity index is 1.62. The van der Waals surface area contributed by atoms with Crippen LogP contribution in [0.4, 0.5) is 0 Å². The molecule has 2 aliphatic heterocycles. The molecule has 0 aliphatic carbocycles. The first-order valence-corrected chi connectivity index (χ1v) is 6.91. The first kappa shape index (κ1) is 13.7. The van der Waals surface area contributed by atoms with Crippen LogP contribution in [0.1, 0.15) is 24.2 Å². The first-order chi connectivity index (χ1) is 10.1. The Morgan fingerprint density at radius 1 is 1.48 bits per heavy atom. The molecule has 3 N–H and O–H groups in total. The number of likely N-dealkylation sites (N-methyl/N-ethyl adjacent to an activating group) is 1. The number of amides is 3. The third-order valence-electron chi connectivity index (χ3n) is 4.01. The Bertz CT molecular complexity index is 596. The quantitative estimate of drug-likeness (QED) is 0.586. The zero-order valence-electron chi connectivity index (χ0n) is 11.7. The van der Waals surface area contributed by atoms with E-state index in [1.165, 1.54) is 7.05 Å². The number of likely N-dealkylation sites (tertiary alicyclic amines) is 1. The molecular weight excluding hydrogens is 274 g/mol. The Morgan fingerprint density at radius 2 is 2.29 bits per heavy atom. The fourth-order valence-electron chi connectivity index (χ4n) is 2.68. The van der Waals surface area contributed by atoms with Crippen molar-refractivity contribution in [2.24, 2.45) is 0 Å². The zero-order chi connectivity index (χ0) is 15.0. The van der Waals surface area contributed by atoms with Crippen LogP contribution >= 0.6 is 0 Å². The second kappa shape index (κ2) is 5.28. The monoisotopic (exact) mass is 291 g/mol. The van der Waals surface area contributed by atoms with Crippen molar-refractivity contribution in [2.45, 2.75) is 37.9 Å². The molecule has 0 spiro atoms. The third-order valence-corrected chi connectivity index (χ3v) is 4.01. The summed E-state index contributed by atoms with van der Waals surface area (Å²) >= 11 is 0. The van der Waals surface area contributed by atoms with E-state index in [4.69, 9.17) is 0 Å². The summed E-state index contributed by atoms with van der Waals surface area (Å²) in [4.78, 5) is 43.9. The predicted molar refractivity (Wildman–Crippen MR) is 71.9 cm³/mol. The number of aromatic amines is 1. The number of carbonyl (C=O) groups excluding carboxylic acids is 3. The summed E-state index contributed by atoms with van der Waals surface area (Å²) in [5.74, 6) is -0.789. The van der Waals surface area contributed by atoms with Crippen molar-refractivity contribution in [2.75, 3.05) is 7.05 Å². The van der Waals surface area contributed by atoms with Crippen molar-refractivity contribution in [1.82, 2.24) is 25.5 Å². The lowest BCUT2D eigenvalue weighted by atomic mass is 10.0. The fourth-order valence-corrected chi connectivity index (χ4v) is 2.68. The van der Waals surface area contributed by atoms with Crippen molar-refractivity contribution in [3.05, 3.63) is 17.7 Å². The Labute approximate surface area is 121 Å². The molecule has 3 heterocycles. The maximum Gasteiger partial charge on any atom is 0.251 e. The van der Waals surface area contributed by atoms with Gasteiger partial charge in [0, 0.05) is 26.4 Å². The van der Waals surface area contributed by atoms with E-state index in [1.807, 2.05) is 0 Å². The van der Waals surface area contributed by atoms with Gasteiger partial charge < -0.3 is 10.3 Å². The number of nitrogens with zero attached hydrogens (tertiary/aromatic N) is 2. The third kappa shape index (κ3) is 2.54. The molecule has 1 fully saturated rings. The number of H-pyrrole nitrogens is 1. The molecule has 112 valence electrons. The SMILES string of the molecule is CN1C(=O)CCC(NC(=O)C2Cc3nc[nH]c3CN2)C1=O. The number of carbonyl (C=O) groups is 3. The molecule has 3 amide bonds. The van der Waals surface area contributed by atoms with Gasteiger partial charge in [-0.1, -0.05) is 0 Å². The smallest absolute Gasteiger partial charge is 0.251 e. The normalized spacial score (nSPS) is 25.7. The van der Waals surface area contributed by atoms with Crippen LogP contribution in [0.3, 0.4) is 0 Å². The van der Waals surface area contributed by atoms with E-state index < -0.39 is 12.1 Å². The van der Waals surface area contributed by atoms with Gasteiger partial charge in [0.1, 0.15) is 6.04 Å². The van der Waals surface area contributed by atoms with Crippen LogP contribution in [0.15, 0.2) is 6.33 Å². The van der Waals surface area contributed by atoms with Crippen molar-refractivity contribution in [3.63, 3.8) is 0 Å². The van der Waals surface area contributed by atoms with Gasteiger partial charge in [0.05, 0.1) is 23.8 Å². The molecule has 3 rings (SSSR count). The highest BCUT2D eigenvalue weighted by Gasteiger charge is 2.35. The lowest BCUT2D eigenvalue weighted by molar-refractivity contribution is -0.149. The number of aromatic nitrogens is 2. The van der Waals surface area contributed by atoms with Gasteiger partial charge in [-0.3, -0.25) is 24.6 Å². The summed E-state index contributed by atoms with van der Waals surface area (Å²) in [5.41, 5.74) is 1.86. The van der Waals surface area contributed by atoms with Crippen molar-refractivity contribution >= 4 is 17.7 Å². The fraction of sp³-hybridized carbons (Fsp3) is 0.538. The number of nitrogens with one attached hydrogen (secondary N) is 3. The van der Waals surface area contributed by atoms with Crippen molar-refractivity contribution in [3.8, 4) is 0 Å². The summed E-state index contributed by atoms with van der Waals surface area (Å²) in [6.45, 7) is 0.546. The highest BCUT2D eigenvalue weighted by Crippen LogP contribution is 2.14. The van der Waals surface area contributed by atoms with Crippen LogP contribution in [-0.4, -0.2) is 51.7 Å². The van der Waals surface area contributed by atoms with Gasteiger partial charge in [0.25, 0.3) is 5.91 Å². The molecule has 0 aromatic carbocycles. The summed E-state index contributed by atoms with van der Waals surface area (Å²) in [5, 5.41) is 5.84. The molecule has 2 atom stereocenters. The summed E-state index contributed by atoms with van der Waals surface area (Å²) in [7, 11) is 1.44. The molecule has 0 radical (unpaired) electrons. The van der Waals surface area contributed by atoms with E-state index in [0.29, 0.717) is 19.4 Å². The van der Waals surface area contributed by atoms with Gasteiger partial charge in [-0.2, -0.15) is 0 Å². The minimum absolute atomic E-state index is 0.206. The molecule has 8 heteroatoms. The average Bonchev–Trinajstić information content (AvgIpc) is 2.95. The minimum atomic E-state index is -0.623. The molecule has 21 heavy (non-hydrogen) atoms. The van der Waals surface area contributed by atoms with Crippen LogP contribution in [-0.2, 0) is 27.3 Å². The molecule has 1 saturated heterocycles. The molecular formula is C13H17N5O3. The molecule has 2 aliphatic rings. The highest BCUT2D eigenvalue weighted by atomic mass is 16.2. The molecule has 1 aromatic rings. The van der Waals surface area contributed by atoms with Crippen LogP contribution in [0.2, 0.25) is 0 Å². The summed E-state index contributed by atoms with van der Waals surface area (Å²) in [6.07, 6.45) is 2.72. The first-order valence-electron chi connectivity index (χ1n) is 6.91. The standard InChI is InChI=1S/C13H17N5O3/c1-18-11(19)3-2-7(13(18)21)17-12(20)9-4-8-10(5-14-9)16-6-15-8/h6-7,9,14H,2-5H2,1H3,(H,15,16)(H,17,20). The maximum atomic E-state index is 12.3. The van der Waals surface area contributed by atoms with Crippen LogP contribution in [0.25, 0.3) is 0 Å². The lowest BCUT2D eigenvalue weighted by Crippen LogP contribution is -2.57. The number of hydrogen-bond acceptors (Lipinski definition) is 5. The number of imidazole rings is 1. The van der Waals surface area contributed by atoms with E-state index in [-0.39, 0.29) is 24.1 Å². The van der Waals surface area contributed by atoms with Gasteiger partial charge in [-0.05, 0) is 6.42 Å². The van der Waals surface area contributed by atoms with Crippen LogP contribution in [0.5, 0.6) is 0 Å². The lowest BCUT2D eigenvalue weighted by Gasteiger charge is -2.30. The molecule has 8 nitrogen and oxygen atoms in total. The van der Waals surface area contributed by atoms with Gasteiger partial charge in [0.2, 0.25) is 11.8 Å². The van der Waals surface area contributed by atoms with E-state index in [0.717, 1.165) is 16.3 Å².